The van der Waals surface area contributed by atoms with Crippen LogP contribution in [0.25, 0.3) is 0 Å². The summed E-state index contributed by atoms with van der Waals surface area (Å²) in [6, 6.07) is 4.18. The van der Waals surface area contributed by atoms with Gasteiger partial charge in [-0.1, -0.05) is 13.8 Å². The van der Waals surface area contributed by atoms with E-state index in [2.05, 4.69) is 0 Å². The molecule has 102 valence electrons. The van der Waals surface area contributed by atoms with Gasteiger partial charge >= 0.3 is 6.18 Å². The Morgan fingerprint density at radius 2 is 1.72 bits per heavy atom. The third kappa shape index (κ3) is 3.09. The molecule has 0 aliphatic heterocycles. The minimum Gasteiger partial charge on any atom is -0.398 e. The highest BCUT2D eigenvalue weighted by Crippen LogP contribution is 2.36. The summed E-state index contributed by atoms with van der Waals surface area (Å²) in [5.41, 5.74) is 4.88. The second-order valence-corrected chi connectivity index (χ2v) is 4.86. The molecule has 18 heavy (non-hydrogen) atoms. The van der Waals surface area contributed by atoms with Crippen LogP contribution in [0.3, 0.4) is 0 Å². The zero-order valence-corrected chi connectivity index (χ0v) is 11.0. The van der Waals surface area contributed by atoms with Gasteiger partial charge in [-0.25, -0.2) is 0 Å². The van der Waals surface area contributed by atoms with Gasteiger partial charge in [0.2, 0.25) is 0 Å². The number of hydrogen-bond donors (Lipinski definition) is 1. The van der Waals surface area contributed by atoms with Crippen molar-refractivity contribution < 1.29 is 13.2 Å². The Morgan fingerprint density at radius 1 is 1.17 bits per heavy atom. The molecule has 0 spiro atoms. The minimum atomic E-state index is -4.41. The highest BCUT2D eigenvalue weighted by molar-refractivity contribution is 5.59. The normalized spacial score (nSPS) is 13.8. The average molecular weight is 260 g/mol. The Balaban J connectivity index is 3.13. The van der Waals surface area contributed by atoms with Crippen LogP contribution in [0.5, 0.6) is 0 Å². The molecule has 0 saturated heterocycles. The molecule has 2 N–H and O–H groups in total. The minimum absolute atomic E-state index is 0.148. The second-order valence-electron chi connectivity index (χ2n) is 4.86. The third-order valence-corrected chi connectivity index (χ3v) is 3.33. The number of benzene rings is 1. The maximum Gasteiger partial charge on any atom is 0.418 e. The lowest BCUT2D eigenvalue weighted by Gasteiger charge is -2.30. The number of nitrogens with zero attached hydrogens (tertiary/aromatic N) is 1. The molecule has 1 atom stereocenters. The largest absolute Gasteiger partial charge is 0.418 e. The quantitative estimate of drug-likeness (QED) is 0.838. The van der Waals surface area contributed by atoms with Gasteiger partial charge in [-0.15, -0.1) is 0 Å². The average Bonchev–Trinajstić information content (AvgIpc) is 2.26. The Kier molecular flexibility index (Phi) is 4.14. The Morgan fingerprint density at radius 3 is 2.17 bits per heavy atom. The molecule has 0 amide bonds. The fourth-order valence-corrected chi connectivity index (χ4v) is 1.69. The second kappa shape index (κ2) is 5.08. The summed E-state index contributed by atoms with van der Waals surface area (Å²) < 4.78 is 38.3. The van der Waals surface area contributed by atoms with Crippen molar-refractivity contribution in [1.29, 1.82) is 0 Å². The molecule has 0 aliphatic carbocycles. The van der Waals surface area contributed by atoms with Crippen molar-refractivity contribution >= 4 is 11.4 Å². The number of nitrogen functional groups attached to an aromatic ring is 1. The first-order chi connectivity index (χ1) is 8.14. The van der Waals surface area contributed by atoms with Crippen LogP contribution in [0.15, 0.2) is 18.2 Å². The molecule has 0 fully saturated rings. The summed E-state index contributed by atoms with van der Waals surface area (Å²) in [6.07, 6.45) is -4.41. The van der Waals surface area contributed by atoms with E-state index in [1.165, 1.54) is 6.07 Å². The fraction of sp³-hybridized carbons (Fsp3) is 0.538. The summed E-state index contributed by atoms with van der Waals surface area (Å²) in [4.78, 5) is 1.83. The number of rotatable bonds is 3. The predicted molar refractivity (Wildman–Crippen MR) is 68.6 cm³/mol. The van der Waals surface area contributed by atoms with Crippen molar-refractivity contribution in [2.75, 3.05) is 17.7 Å². The molecule has 1 unspecified atom stereocenters. The van der Waals surface area contributed by atoms with Gasteiger partial charge < -0.3 is 10.6 Å². The van der Waals surface area contributed by atoms with Crippen molar-refractivity contribution in [3.05, 3.63) is 23.8 Å². The molecule has 1 aromatic carbocycles. The molecule has 0 radical (unpaired) electrons. The zero-order chi connectivity index (χ0) is 14.1. The van der Waals surface area contributed by atoms with E-state index < -0.39 is 11.7 Å². The van der Waals surface area contributed by atoms with Crippen LogP contribution in [0.4, 0.5) is 24.5 Å². The van der Waals surface area contributed by atoms with Crippen LogP contribution >= 0.6 is 0 Å². The molecule has 0 aliphatic rings. The maximum atomic E-state index is 12.8. The highest BCUT2D eigenvalue weighted by atomic mass is 19.4. The van der Waals surface area contributed by atoms with E-state index in [1.54, 1.807) is 13.1 Å². The number of hydrogen-bond acceptors (Lipinski definition) is 2. The van der Waals surface area contributed by atoms with Gasteiger partial charge in [-0.05, 0) is 31.0 Å². The monoisotopic (exact) mass is 260 g/mol. The summed E-state index contributed by atoms with van der Waals surface area (Å²) in [6.45, 7) is 6.04. The topological polar surface area (TPSA) is 29.3 Å². The molecule has 1 aromatic rings. The van der Waals surface area contributed by atoms with Crippen LogP contribution in [-0.4, -0.2) is 13.1 Å². The van der Waals surface area contributed by atoms with Gasteiger partial charge in [-0.2, -0.15) is 13.2 Å². The zero-order valence-electron chi connectivity index (χ0n) is 11.0. The van der Waals surface area contributed by atoms with Crippen LogP contribution in [0.1, 0.15) is 26.3 Å². The van der Waals surface area contributed by atoms with Gasteiger partial charge in [0.1, 0.15) is 0 Å². The molecule has 0 saturated carbocycles. The van der Waals surface area contributed by atoms with E-state index in [-0.39, 0.29) is 11.7 Å². The van der Waals surface area contributed by atoms with E-state index in [4.69, 9.17) is 5.73 Å². The van der Waals surface area contributed by atoms with Gasteiger partial charge in [0, 0.05) is 24.5 Å². The summed E-state index contributed by atoms with van der Waals surface area (Å²) in [5, 5.41) is 0. The summed E-state index contributed by atoms with van der Waals surface area (Å²) >= 11 is 0. The van der Waals surface area contributed by atoms with Crippen molar-refractivity contribution in [1.82, 2.24) is 0 Å². The summed E-state index contributed by atoms with van der Waals surface area (Å²) in [7, 11) is 1.79. The van der Waals surface area contributed by atoms with E-state index in [0.29, 0.717) is 11.6 Å². The lowest BCUT2D eigenvalue weighted by atomic mass is 10.0. The van der Waals surface area contributed by atoms with Crippen LogP contribution < -0.4 is 10.6 Å². The lowest BCUT2D eigenvalue weighted by molar-refractivity contribution is -0.136. The number of alkyl halides is 3. The van der Waals surface area contributed by atoms with Gasteiger partial charge in [-0.3, -0.25) is 0 Å². The molecule has 0 aromatic heterocycles. The maximum absolute atomic E-state index is 12.8. The molecule has 0 heterocycles. The Hall–Kier alpha value is -1.39. The van der Waals surface area contributed by atoms with Crippen LogP contribution in [-0.2, 0) is 6.18 Å². The summed E-state index contributed by atoms with van der Waals surface area (Å²) in [5.74, 6) is 0.349. The number of halogens is 3. The van der Waals surface area contributed by atoms with E-state index in [9.17, 15) is 13.2 Å². The van der Waals surface area contributed by atoms with Crippen molar-refractivity contribution in [2.24, 2.45) is 5.92 Å². The molecule has 1 rings (SSSR count). The first-order valence-electron chi connectivity index (χ1n) is 5.84. The smallest absolute Gasteiger partial charge is 0.398 e. The Labute approximate surface area is 106 Å². The molecule has 2 nitrogen and oxygen atoms in total. The van der Waals surface area contributed by atoms with Crippen molar-refractivity contribution in [3.8, 4) is 0 Å². The van der Waals surface area contributed by atoms with E-state index in [0.717, 1.165) is 6.07 Å². The number of nitrogens with two attached hydrogens (primary N) is 1. The van der Waals surface area contributed by atoms with Gasteiger partial charge in [0.05, 0.1) is 5.56 Å². The first kappa shape index (κ1) is 14.7. The standard InChI is InChI=1S/C13H19F3N2/c1-8(2)9(3)18(4)10-5-6-12(17)11(7-10)13(14,15)16/h5-9H,17H2,1-4H3. The highest BCUT2D eigenvalue weighted by Gasteiger charge is 2.33. The Bertz CT molecular complexity index is 413. The predicted octanol–water partition coefficient (Wildman–Crippen LogP) is 3.77. The van der Waals surface area contributed by atoms with Gasteiger partial charge in [0.15, 0.2) is 0 Å². The van der Waals surface area contributed by atoms with Gasteiger partial charge in [0.25, 0.3) is 0 Å². The third-order valence-electron chi connectivity index (χ3n) is 3.33. The van der Waals surface area contributed by atoms with Crippen LogP contribution in [0.2, 0.25) is 0 Å². The SMILES string of the molecule is CC(C)C(C)N(C)c1ccc(N)c(C(F)(F)F)c1. The molecular formula is C13H19F3N2. The molecular weight excluding hydrogens is 241 g/mol. The van der Waals surface area contributed by atoms with Crippen LogP contribution in [0, 0.1) is 5.92 Å². The molecule has 5 heteroatoms. The lowest BCUT2D eigenvalue weighted by Crippen LogP contribution is -2.33. The van der Waals surface area contributed by atoms with Crippen molar-refractivity contribution in [3.63, 3.8) is 0 Å². The first-order valence-corrected chi connectivity index (χ1v) is 5.84. The van der Waals surface area contributed by atoms with Crippen molar-refractivity contribution in [2.45, 2.75) is 33.0 Å². The van der Waals surface area contributed by atoms with E-state index >= 15 is 0 Å². The van der Waals surface area contributed by atoms with E-state index in [1.807, 2.05) is 25.7 Å². The molecule has 0 bridgehead atoms. The number of anilines is 2. The fourth-order valence-electron chi connectivity index (χ4n) is 1.69.